The Morgan fingerprint density at radius 1 is 1.07 bits per heavy atom. The van der Waals surface area contributed by atoms with Crippen molar-refractivity contribution in [2.75, 3.05) is 13.2 Å². The Labute approximate surface area is 154 Å². The van der Waals surface area contributed by atoms with Crippen molar-refractivity contribution in [1.29, 1.82) is 0 Å². The number of nitrogens with one attached hydrogen (secondary N) is 1. The second-order valence-electron chi connectivity index (χ2n) is 6.42. The van der Waals surface area contributed by atoms with E-state index >= 15 is 0 Å². The van der Waals surface area contributed by atoms with Crippen LogP contribution in [-0.2, 0) is 9.59 Å². The zero-order chi connectivity index (χ0) is 19.1. The third-order valence-corrected chi connectivity index (χ3v) is 4.80. The standard InChI is InChI=1S/C19H17N3O5/c20-8-9-27-14-6-4-12-16-10(14)2-1-3-11(16)18(25)22(19(12)26)13-5-7-15(23)21-17(13)24/h1-4,6,13H,5,7-9,20H2,(H,21,23,24). The van der Waals surface area contributed by atoms with Gasteiger partial charge < -0.3 is 10.5 Å². The van der Waals surface area contributed by atoms with Gasteiger partial charge in [-0.25, -0.2) is 0 Å². The maximum atomic E-state index is 13.0. The summed E-state index contributed by atoms with van der Waals surface area (Å²) in [7, 11) is 0. The molecule has 1 fully saturated rings. The fourth-order valence-corrected chi connectivity index (χ4v) is 3.59. The second kappa shape index (κ2) is 6.48. The summed E-state index contributed by atoms with van der Waals surface area (Å²) in [5.41, 5.74) is 6.13. The highest BCUT2D eigenvalue weighted by atomic mass is 16.5. The number of piperidine rings is 1. The Bertz CT molecular complexity index is 978. The highest BCUT2D eigenvalue weighted by molar-refractivity contribution is 6.27. The van der Waals surface area contributed by atoms with Gasteiger partial charge >= 0.3 is 0 Å². The molecule has 138 valence electrons. The predicted molar refractivity (Wildman–Crippen MR) is 95.2 cm³/mol. The van der Waals surface area contributed by atoms with Crippen LogP contribution in [0, 0.1) is 0 Å². The van der Waals surface area contributed by atoms with Crippen LogP contribution in [-0.4, -0.2) is 47.7 Å². The molecule has 4 amide bonds. The Balaban J connectivity index is 1.82. The van der Waals surface area contributed by atoms with Gasteiger partial charge in [-0.15, -0.1) is 0 Å². The van der Waals surface area contributed by atoms with Crippen LogP contribution in [0.2, 0.25) is 0 Å². The first-order valence-corrected chi connectivity index (χ1v) is 8.63. The van der Waals surface area contributed by atoms with Crippen LogP contribution in [0.5, 0.6) is 5.75 Å². The maximum Gasteiger partial charge on any atom is 0.262 e. The summed E-state index contributed by atoms with van der Waals surface area (Å²) >= 11 is 0. The van der Waals surface area contributed by atoms with Gasteiger partial charge in [-0.05, 0) is 24.6 Å². The van der Waals surface area contributed by atoms with Crippen LogP contribution in [0.4, 0.5) is 0 Å². The molecule has 27 heavy (non-hydrogen) atoms. The van der Waals surface area contributed by atoms with Crippen molar-refractivity contribution in [1.82, 2.24) is 10.2 Å². The Kier molecular flexibility index (Phi) is 4.12. The number of carbonyl (C=O) groups excluding carboxylic acids is 4. The molecule has 3 N–H and O–H groups in total. The topological polar surface area (TPSA) is 119 Å². The van der Waals surface area contributed by atoms with E-state index in [0.29, 0.717) is 40.8 Å². The van der Waals surface area contributed by atoms with E-state index in [1.807, 2.05) is 0 Å². The molecule has 0 spiro atoms. The van der Waals surface area contributed by atoms with E-state index in [9.17, 15) is 19.2 Å². The molecular formula is C19H17N3O5. The Morgan fingerprint density at radius 2 is 1.81 bits per heavy atom. The lowest BCUT2D eigenvalue weighted by atomic mass is 9.91. The number of hydrogen-bond acceptors (Lipinski definition) is 6. The molecule has 2 aromatic carbocycles. The van der Waals surface area contributed by atoms with Gasteiger partial charge in [0, 0.05) is 34.9 Å². The summed E-state index contributed by atoms with van der Waals surface area (Å²) in [4.78, 5) is 50.7. The smallest absolute Gasteiger partial charge is 0.262 e. The molecular weight excluding hydrogens is 350 g/mol. The minimum atomic E-state index is -1.00. The molecule has 0 saturated carbocycles. The largest absolute Gasteiger partial charge is 0.492 e. The molecule has 2 heterocycles. The third kappa shape index (κ3) is 2.65. The molecule has 1 saturated heterocycles. The van der Waals surface area contributed by atoms with Crippen LogP contribution >= 0.6 is 0 Å². The summed E-state index contributed by atoms with van der Waals surface area (Å²) in [6.07, 6.45) is 0.196. The number of nitrogens with two attached hydrogens (primary N) is 1. The summed E-state index contributed by atoms with van der Waals surface area (Å²) in [6, 6.07) is 7.34. The zero-order valence-electron chi connectivity index (χ0n) is 14.4. The number of ether oxygens (including phenoxy) is 1. The number of carbonyl (C=O) groups is 4. The lowest BCUT2D eigenvalue weighted by Gasteiger charge is -2.34. The van der Waals surface area contributed by atoms with Crippen molar-refractivity contribution < 1.29 is 23.9 Å². The minimum Gasteiger partial charge on any atom is -0.492 e. The first-order chi connectivity index (χ1) is 13.0. The second-order valence-corrected chi connectivity index (χ2v) is 6.42. The number of amides is 4. The first-order valence-electron chi connectivity index (χ1n) is 8.63. The predicted octanol–water partition coefficient (Wildman–Crippen LogP) is 0.578. The van der Waals surface area contributed by atoms with E-state index in [0.717, 1.165) is 4.90 Å². The molecule has 1 atom stereocenters. The summed E-state index contributed by atoms with van der Waals surface area (Å²) in [5.74, 6) is -1.60. The molecule has 0 aromatic heterocycles. The van der Waals surface area contributed by atoms with Gasteiger partial charge in [-0.3, -0.25) is 29.4 Å². The lowest BCUT2D eigenvalue weighted by molar-refractivity contribution is -0.136. The average molecular weight is 367 g/mol. The van der Waals surface area contributed by atoms with E-state index in [-0.39, 0.29) is 12.8 Å². The van der Waals surface area contributed by atoms with Crippen molar-refractivity contribution in [3.63, 3.8) is 0 Å². The quantitative estimate of drug-likeness (QED) is 0.763. The lowest BCUT2D eigenvalue weighted by Crippen LogP contribution is -2.57. The molecule has 2 aliphatic rings. The van der Waals surface area contributed by atoms with Crippen LogP contribution < -0.4 is 15.8 Å². The van der Waals surface area contributed by atoms with E-state index in [1.54, 1.807) is 30.3 Å². The first kappa shape index (κ1) is 17.2. The molecule has 0 aliphatic carbocycles. The van der Waals surface area contributed by atoms with E-state index in [4.69, 9.17) is 10.5 Å². The third-order valence-electron chi connectivity index (χ3n) is 4.80. The number of nitrogens with zero attached hydrogens (tertiary/aromatic N) is 1. The van der Waals surface area contributed by atoms with Crippen LogP contribution in [0.1, 0.15) is 33.6 Å². The number of rotatable bonds is 4. The molecule has 2 aromatic rings. The van der Waals surface area contributed by atoms with Gasteiger partial charge in [0.25, 0.3) is 11.8 Å². The van der Waals surface area contributed by atoms with Crippen molar-refractivity contribution in [3.8, 4) is 5.75 Å². The number of benzene rings is 2. The van der Waals surface area contributed by atoms with Gasteiger partial charge in [0.2, 0.25) is 11.8 Å². The summed E-state index contributed by atoms with van der Waals surface area (Å²) in [5, 5.41) is 3.34. The van der Waals surface area contributed by atoms with Crippen LogP contribution in [0.3, 0.4) is 0 Å². The van der Waals surface area contributed by atoms with Gasteiger partial charge in [0.05, 0.1) is 0 Å². The van der Waals surface area contributed by atoms with E-state index < -0.39 is 29.7 Å². The summed E-state index contributed by atoms with van der Waals surface area (Å²) in [6.45, 7) is 0.646. The molecule has 0 radical (unpaired) electrons. The molecule has 8 nitrogen and oxygen atoms in total. The van der Waals surface area contributed by atoms with Crippen molar-refractivity contribution in [2.45, 2.75) is 18.9 Å². The van der Waals surface area contributed by atoms with Gasteiger partial charge in [-0.2, -0.15) is 0 Å². The van der Waals surface area contributed by atoms with Gasteiger partial charge in [-0.1, -0.05) is 12.1 Å². The van der Waals surface area contributed by atoms with Crippen LogP contribution in [0.25, 0.3) is 10.8 Å². The zero-order valence-corrected chi connectivity index (χ0v) is 14.4. The Morgan fingerprint density at radius 3 is 2.52 bits per heavy atom. The van der Waals surface area contributed by atoms with Crippen molar-refractivity contribution in [3.05, 3.63) is 41.5 Å². The number of hydrogen-bond donors (Lipinski definition) is 2. The summed E-state index contributed by atoms with van der Waals surface area (Å²) < 4.78 is 5.63. The molecule has 1 unspecified atom stereocenters. The maximum absolute atomic E-state index is 13.0. The highest BCUT2D eigenvalue weighted by Crippen LogP contribution is 2.36. The van der Waals surface area contributed by atoms with Gasteiger partial charge in [0.15, 0.2) is 0 Å². The SMILES string of the molecule is NCCOc1ccc2c3c(cccc13)C(=O)N(C1CCC(=O)NC1=O)C2=O. The monoisotopic (exact) mass is 367 g/mol. The van der Waals surface area contributed by atoms with Crippen molar-refractivity contribution >= 4 is 34.4 Å². The van der Waals surface area contributed by atoms with E-state index in [1.165, 1.54) is 0 Å². The number of imide groups is 2. The van der Waals surface area contributed by atoms with E-state index in [2.05, 4.69) is 5.32 Å². The van der Waals surface area contributed by atoms with Gasteiger partial charge in [0.1, 0.15) is 18.4 Å². The molecule has 4 rings (SSSR count). The fraction of sp³-hybridized carbons (Fsp3) is 0.263. The normalized spacial score (nSPS) is 19.4. The average Bonchev–Trinajstić information content (AvgIpc) is 2.66. The molecule has 0 bridgehead atoms. The fourth-order valence-electron chi connectivity index (χ4n) is 3.59. The molecule has 8 heteroatoms. The van der Waals surface area contributed by atoms with Crippen LogP contribution in [0.15, 0.2) is 30.3 Å². The minimum absolute atomic E-state index is 0.0798. The Hall–Kier alpha value is -3.26. The van der Waals surface area contributed by atoms with Crippen molar-refractivity contribution in [2.24, 2.45) is 5.73 Å². The molecule has 2 aliphatic heterocycles. The highest BCUT2D eigenvalue weighted by Gasteiger charge is 2.42.